The Kier molecular flexibility index (Phi) is 3.39. The van der Waals surface area contributed by atoms with E-state index >= 15 is 0 Å². The number of hydrogen-bond donors (Lipinski definition) is 1. The Morgan fingerprint density at radius 3 is 2.53 bits per heavy atom. The number of para-hydroxylation sites is 1. The van der Waals surface area contributed by atoms with Crippen molar-refractivity contribution in [2.45, 2.75) is 26.4 Å². The van der Waals surface area contributed by atoms with Crippen LogP contribution in [0.3, 0.4) is 0 Å². The number of ether oxygens (including phenoxy) is 1. The van der Waals surface area contributed by atoms with Crippen molar-refractivity contribution in [3.05, 3.63) is 28.2 Å². The van der Waals surface area contributed by atoms with Crippen LogP contribution in [0.2, 0.25) is 0 Å². The van der Waals surface area contributed by atoms with Crippen LogP contribution in [-0.2, 0) is 4.74 Å². The molecule has 0 aliphatic rings. The topological polar surface area (TPSA) is 46.5 Å². The molecule has 3 nitrogen and oxygen atoms in total. The lowest BCUT2D eigenvalue weighted by Crippen LogP contribution is -2.23. The number of halogens is 1. The molecule has 1 aromatic carbocycles. The summed E-state index contributed by atoms with van der Waals surface area (Å²) < 4.78 is 5.62. The van der Waals surface area contributed by atoms with E-state index in [-0.39, 0.29) is 11.3 Å². The van der Waals surface area contributed by atoms with Crippen LogP contribution in [0.5, 0.6) is 5.75 Å². The highest BCUT2D eigenvalue weighted by Crippen LogP contribution is 2.28. The van der Waals surface area contributed by atoms with E-state index in [1.165, 1.54) is 6.07 Å². The van der Waals surface area contributed by atoms with E-state index in [0.29, 0.717) is 4.47 Å². The van der Waals surface area contributed by atoms with Crippen molar-refractivity contribution in [3.63, 3.8) is 0 Å². The van der Waals surface area contributed by atoms with Crippen molar-refractivity contribution in [2.24, 2.45) is 0 Å². The van der Waals surface area contributed by atoms with Crippen LogP contribution in [0, 0.1) is 0 Å². The Bertz CT molecular complexity index is 380. The van der Waals surface area contributed by atoms with Crippen LogP contribution >= 0.6 is 15.9 Å². The van der Waals surface area contributed by atoms with E-state index in [1.807, 2.05) is 0 Å². The molecule has 0 saturated heterocycles. The van der Waals surface area contributed by atoms with Gasteiger partial charge in [-0.15, -0.1) is 0 Å². The van der Waals surface area contributed by atoms with Crippen LogP contribution in [0.25, 0.3) is 0 Å². The summed E-state index contributed by atoms with van der Waals surface area (Å²) in [5, 5.41) is 9.62. The number of carbonyl (C=O) groups excluding carboxylic acids is 1. The van der Waals surface area contributed by atoms with Crippen molar-refractivity contribution in [3.8, 4) is 5.75 Å². The highest BCUT2D eigenvalue weighted by molar-refractivity contribution is 9.10. The lowest BCUT2D eigenvalue weighted by atomic mass is 10.1. The van der Waals surface area contributed by atoms with Gasteiger partial charge in [0.25, 0.3) is 0 Å². The number of aromatic hydroxyl groups is 1. The van der Waals surface area contributed by atoms with Gasteiger partial charge in [0.05, 0.1) is 4.47 Å². The minimum Gasteiger partial charge on any atom is -0.506 e. The van der Waals surface area contributed by atoms with E-state index in [1.54, 1.807) is 32.9 Å². The van der Waals surface area contributed by atoms with Crippen molar-refractivity contribution in [2.75, 3.05) is 0 Å². The molecular weight excluding hydrogens is 260 g/mol. The first kappa shape index (κ1) is 12.0. The molecule has 0 unspecified atom stereocenters. The largest absolute Gasteiger partial charge is 0.506 e. The van der Waals surface area contributed by atoms with Gasteiger partial charge in [0.1, 0.15) is 16.9 Å². The van der Waals surface area contributed by atoms with Crippen LogP contribution in [-0.4, -0.2) is 16.7 Å². The summed E-state index contributed by atoms with van der Waals surface area (Å²) in [5.74, 6) is -0.618. The average molecular weight is 273 g/mol. The maximum Gasteiger partial charge on any atom is 0.342 e. The zero-order valence-corrected chi connectivity index (χ0v) is 10.5. The van der Waals surface area contributed by atoms with Crippen LogP contribution in [0.15, 0.2) is 22.7 Å². The third-order valence-corrected chi connectivity index (χ3v) is 2.25. The Hall–Kier alpha value is -1.03. The standard InChI is InChI=1S/C11H13BrO3/c1-11(2,3)15-10(14)7-5-4-6-8(12)9(7)13/h4-6,13H,1-3H3. The molecule has 0 aromatic heterocycles. The molecule has 0 aliphatic heterocycles. The normalized spacial score (nSPS) is 11.2. The molecule has 0 fully saturated rings. The lowest BCUT2D eigenvalue weighted by Gasteiger charge is -2.19. The molecule has 4 heteroatoms. The fraction of sp³-hybridized carbons (Fsp3) is 0.364. The fourth-order valence-electron chi connectivity index (χ4n) is 1.01. The molecule has 1 N–H and O–H groups in total. The Balaban J connectivity index is 2.97. The highest BCUT2D eigenvalue weighted by Gasteiger charge is 2.20. The number of phenolic OH excluding ortho intramolecular Hbond substituents is 1. The van der Waals surface area contributed by atoms with E-state index in [0.717, 1.165) is 0 Å². The molecule has 1 aromatic rings. The van der Waals surface area contributed by atoms with E-state index in [2.05, 4.69) is 15.9 Å². The quantitative estimate of drug-likeness (QED) is 0.800. The van der Waals surface area contributed by atoms with Gasteiger partial charge >= 0.3 is 5.97 Å². The van der Waals surface area contributed by atoms with Gasteiger partial charge in [0.2, 0.25) is 0 Å². The van der Waals surface area contributed by atoms with Crippen LogP contribution < -0.4 is 0 Å². The summed E-state index contributed by atoms with van der Waals surface area (Å²) in [4.78, 5) is 11.6. The molecule has 0 amide bonds. The second-order valence-electron chi connectivity index (χ2n) is 4.14. The number of carbonyl (C=O) groups is 1. The van der Waals surface area contributed by atoms with Gasteiger partial charge < -0.3 is 9.84 Å². The smallest absolute Gasteiger partial charge is 0.342 e. The molecule has 0 aliphatic carbocycles. The summed E-state index contributed by atoms with van der Waals surface area (Å²) in [6, 6.07) is 4.85. The van der Waals surface area contributed by atoms with Gasteiger partial charge in [-0.25, -0.2) is 4.79 Å². The van der Waals surface area contributed by atoms with Crippen LogP contribution in [0.1, 0.15) is 31.1 Å². The number of hydrogen-bond acceptors (Lipinski definition) is 3. The molecule has 0 spiro atoms. The van der Waals surface area contributed by atoms with E-state index < -0.39 is 11.6 Å². The molecule has 0 saturated carbocycles. The van der Waals surface area contributed by atoms with Crippen molar-refractivity contribution in [1.82, 2.24) is 0 Å². The van der Waals surface area contributed by atoms with E-state index in [9.17, 15) is 9.90 Å². The molecule has 0 atom stereocenters. The molecule has 82 valence electrons. The Morgan fingerprint density at radius 1 is 1.40 bits per heavy atom. The predicted octanol–water partition coefficient (Wildman–Crippen LogP) is 3.11. The van der Waals surface area contributed by atoms with Crippen molar-refractivity contribution in [1.29, 1.82) is 0 Å². The zero-order chi connectivity index (χ0) is 11.6. The summed E-state index contributed by atoms with van der Waals surface area (Å²) >= 11 is 3.14. The number of phenols is 1. The summed E-state index contributed by atoms with van der Waals surface area (Å²) in [6.07, 6.45) is 0. The number of esters is 1. The fourth-order valence-corrected chi connectivity index (χ4v) is 1.38. The minimum atomic E-state index is -0.564. The molecule has 1 rings (SSSR count). The summed E-state index contributed by atoms with van der Waals surface area (Å²) in [6.45, 7) is 5.33. The second kappa shape index (κ2) is 4.23. The molecule has 0 radical (unpaired) electrons. The van der Waals surface area contributed by atoms with Crippen LogP contribution in [0.4, 0.5) is 0 Å². The first-order chi connectivity index (χ1) is 6.81. The van der Waals surface area contributed by atoms with Crippen molar-refractivity contribution < 1.29 is 14.6 Å². The van der Waals surface area contributed by atoms with Gasteiger partial charge in [-0.2, -0.15) is 0 Å². The molecule has 0 bridgehead atoms. The Labute approximate surface area is 97.2 Å². The highest BCUT2D eigenvalue weighted by atomic mass is 79.9. The number of benzene rings is 1. The number of rotatable bonds is 1. The molecule has 15 heavy (non-hydrogen) atoms. The van der Waals surface area contributed by atoms with Gasteiger partial charge in [-0.1, -0.05) is 6.07 Å². The second-order valence-corrected chi connectivity index (χ2v) is 4.99. The third kappa shape index (κ3) is 3.23. The van der Waals surface area contributed by atoms with Gasteiger partial charge in [0.15, 0.2) is 0 Å². The van der Waals surface area contributed by atoms with Gasteiger partial charge in [0, 0.05) is 0 Å². The van der Waals surface area contributed by atoms with E-state index in [4.69, 9.17) is 4.74 Å². The first-order valence-electron chi connectivity index (χ1n) is 4.52. The maximum atomic E-state index is 11.6. The maximum absolute atomic E-state index is 11.6. The van der Waals surface area contributed by atoms with Gasteiger partial charge in [-0.3, -0.25) is 0 Å². The minimum absolute atomic E-state index is 0.0910. The third-order valence-electron chi connectivity index (χ3n) is 1.61. The zero-order valence-electron chi connectivity index (χ0n) is 8.87. The first-order valence-corrected chi connectivity index (χ1v) is 5.31. The molecular formula is C11H13BrO3. The molecule has 0 heterocycles. The monoisotopic (exact) mass is 272 g/mol. The SMILES string of the molecule is CC(C)(C)OC(=O)c1cccc(Br)c1O. The Morgan fingerprint density at radius 2 is 2.00 bits per heavy atom. The van der Waals surface area contributed by atoms with Gasteiger partial charge in [-0.05, 0) is 48.8 Å². The average Bonchev–Trinajstić information content (AvgIpc) is 2.06. The summed E-state index contributed by atoms with van der Waals surface area (Å²) in [7, 11) is 0. The lowest BCUT2D eigenvalue weighted by molar-refractivity contribution is 0.00667. The van der Waals surface area contributed by atoms with Crippen molar-refractivity contribution >= 4 is 21.9 Å². The predicted molar refractivity (Wildman–Crippen MR) is 61.0 cm³/mol. The summed E-state index contributed by atoms with van der Waals surface area (Å²) in [5.41, 5.74) is -0.398.